The van der Waals surface area contributed by atoms with Gasteiger partial charge in [0.15, 0.2) is 0 Å². The Labute approximate surface area is 260 Å². The van der Waals surface area contributed by atoms with Crippen LogP contribution in [0.3, 0.4) is 0 Å². The van der Waals surface area contributed by atoms with Gasteiger partial charge in [-0.1, -0.05) is 23.4 Å². The summed E-state index contributed by atoms with van der Waals surface area (Å²) >= 11 is 0. The first-order chi connectivity index (χ1) is 18.9. The zero-order valence-electron chi connectivity index (χ0n) is 23.2. The molecule has 40 heavy (non-hydrogen) atoms. The molecule has 4 heterocycles. The molecule has 5 rings (SSSR count). The number of aromatic nitrogens is 3. The van der Waals surface area contributed by atoms with Crippen molar-refractivity contribution in [1.82, 2.24) is 15.2 Å². The minimum atomic E-state index is -0.837. The third kappa shape index (κ3) is 8.59. The molecule has 2 fully saturated rings. The predicted octanol–water partition coefficient (Wildman–Crippen LogP) is 4.54. The fourth-order valence-electron chi connectivity index (χ4n) is 4.14. The van der Waals surface area contributed by atoms with Crippen molar-refractivity contribution in [1.29, 1.82) is 5.26 Å². The normalized spacial score (nSPS) is 15.1. The molecule has 2 aliphatic rings. The number of nitrogens with zero attached hydrogens (tertiary/aromatic N) is 5. The molecule has 9 nitrogen and oxygen atoms in total. The van der Waals surface area contributed by atoms with Crippen molar-refractivity contribution in [2.45, 2.75) is 39.0 Å². The van der Waals surface area contributed by atoms with Crippen LogP contribution in [0.4, 0.5) is 11.5 Å². The maximum Gasteiger partial charge on any atom is 2.00 e. The number of carbonyl (C=O) groups excluding carboxylic acids is 1. The minimum absolute atomic E-state index is 0. The molecule has 0 bridgehead atoms. The molecule has 3 aromatic rings. The summed E-state index contributed by atoms with van der Waals surface area (Å²) in [4.78, 5) is 19.5. The number of hydrogen-bond acceptors (Lipinski definition) is 8. The van der Waals surface area contributed by atoms with Crippen molar-refractivity contribution in [3.63, 3.8) is 0 Å². The Morgan fingerprint density at radius 1 is 1.12 bits per heavy atom. The molecule has 2 saturated heterocycles. The quantitative estimate of drug-likeness (QED) is 0.378. The molecule has 1 N–H and O–H groups in total. The monoisotopic (exact) mass is 764 g/mol. The molecule has 1 aromatic carbocycles. The first kappa shape index (κ1) is 31.7. The van der Waals surface area contributed by atoms with Gasteiger partial charge in [0, 0.05) is 37.8 Å². The zero-order valence-corrected chi connectivity index (χ0v) is 27.4. The number of anilines is 2. The average Bonchev–Trinajstić information content (AvgIpc) is 3.00. The van der Waals surface area contributed by atoms with Gasteiger partial charge in [-0.3, -0.25) is 4.79 Å². The fourth-order valence-corrected chi connectivity index (χ4v) is 4.14. The van der Waals surface area contributed by atoms with E-state index in [0.29, 0.717) is 30.2 Å². The number of nitrogens with one attached hydrogen (secondary N) is 1. The van der Waals surface area contributed by atoms with Crippen molar-refractivity contribution in [2.75, 3.05) is 49.7 Å². The molecule has 0 unspecified atom stereocenters. The topological polar surface area (TPSA) is 113 Å². The molecule has 10 heteroatoms. The Morgan fingerprint density at radius 3 is 2.50 bits per heavy atom. The van der Waals surface area contributed by atoms with Crippen LogP contribution in [0.1, 0.15) is 48.3 Å². The van der Waals surface area contributed by atoms with Gasteiger partial charge in [0.25, 0.3) is 5.91 Å². The third-order valence-electron chi connectivity index (χ3n) is 6.59. The molecule has 0 spiro atoms. The first-order valence-corrected chi connectivity index (χ1v) is 13.1. The van der Waals surface area contributed by atoms with Crippen LogP contribution < -0.4 is 10.2 Å². The minimum Gasteiger partial charge on any atom is -0.404 e. The summed E-state index contributed by atoms with van der Waals surface area (Å²) in [5.41, 5.74) is 3.65. The molecular formula is C30H34N6O3U. The standard InChI is InChI=1S/C25H25N6O2.C5H9O.U/c1-17-4-5-20(29-24(32)19-12-22(30-28-15-19)25(2,3)16-26)14-21(17)18-6-7-27-23(13-18)31-8-10-33-11-9-31;1-2-4-6-5-3-1;/h4-6,12-15H,8-11H2,1-3H3,(H,29,32);1H,2-5H2;/q2*-1;+2. The molecule has 0 saturated carbocycles. The second-order valence-corrected chi connectivity index (χ2v) is 9.97. The van der Waals surface area contributed by atoms with Gasteiger partial charge in [0.05, 0.1) is 42.2 Å². The van der Waals surface area contributed by atoms with Crippen LogP contribution in [0.15, 0.2) is 42.6 Å². The Morgan fingerprint density at radius 2 is 1.85 bits per heavy atom. The summed E-state index contributed by atoms with van der Waals surface area (Å²) < 4.78 is 10.5. The average molecular weight is 765 g/mol. The van der Waals surface area contributed by atoms with Gasteiger partial charge in [-0.25, -0.2) is 0 Å². The molecule has 206 valence electrons. The number of morpholine rings is 1. The number of amides is 1. The summed E-state index contributed by atoms with van der Waals surface area (Å²) in [7, 11) is 0. The second kappa shape index (κ2) is 15.3. The van der Waals surface area contributed by atoms with Crippen LogP contribution in [-0.4, -0.2) is 60.6 Å². The number of hydrogen-bond donors (Lipinski definition) is 1. The van der Waals surface area contributed by atoms with Crippen LogP contribution in [-0.2, 0) is 14.9 Å². The predicted molar refractivity (Wildman–Crippen MR) is 149 cm³/mol. The number of pyridine rings is 1. The van der Waals surface area contributed by atoms with Gasteiger partial charge in [-0.2, -0.15) is 34.4 Å². The van der Waals surface area contributed by atoms with Gasteiger partial charge in [-0.15, -0.1) is 11.6 Å². The molecular weight excluding hydrogens is 730 g/mol. The van der Waals surface area contributed by atoms with E-state index < -0.39 is 5.41 Å². The van der Waals surface area contributed by atoms with Gasteiger partial charge in [0.1, 0.15) is 0 Å². The van der Waals surface area contributed by atoms with Crippen molar-refractivity contribution < 1.29 is 45.4 Å². The van der Waals surface area contributed by atoms with Crippen LogP contribution in [0.2, 0.25) is 0 Å². The second-order valence-electron chi connectivity index (χ2n) is 9.97. The Balaban J connectivity index is 0.000000559. The van der Waals surface area contributed by atoms with Crippen molar-refractivity contribution >= 4 is 17.4 Å². The summed E-state index contributed by atoms with van der Waals surface area (Å²) in [6, 6.07) is 13.4. The summed E-state index contributed by atoms with van der Waals surface area (Å²) in [6.45, 7) is 10.4. The van der Waals surface area contributed by atoms with Gasteiger partial charge >= 0.3 is 31.1 Å². The van der Waals surface area contributed by atoms with E-state index in [0.717, 1.165) is 61.7 Å². The van der Waals surface area contributed by atoms with Gasteiger partial charge in [-0.05, 0) is 39.0 Å². The summed E-state index contributed by atoms with van der Waals surface area (Å²) in [5, 5.41) is 20.2. The first-order valence-electron chi connectivity index (χ1n) is 13.1. The van der Waals surface area contributed by atoms with E-state index >= 15 is 0 Å². The molecule has 2 aliphatic heterocycles. The number of nitriles is 1. The fraction of sp³-hybridized carbons (Fsp3) is 0.400. The number of aryl methyl sites for hydroxylation is 1. The largest absolute Gasteiger partial charge is 2.00 e. The van der Waals surface area contributed by atoms with Crippen LogP contribution >= 0.6 is 0 Å². The molecule has 0 radical (unpaired) electrons. The van der Waals surface area contributed by atoms with Gasteiger partial charge in [0.2, 0.25) is 0 Å². The van der Waals surface area contributed by atoms with E-state index in [1.165, 1.54) is 6.20 Å². The van der Waals surface area contributed by atoms with Crippen LogP contribution in [0.25, 0.3) is 11.1 Å². The Kier molecular flexibility index (Phi) is 12.1. The number of carbonyl (C=O) groups is 1. The Hall–Kier alpha value is -2.82. The van der Waals surface area contributed by atoms with Crippen molar-refractivity contribution in [3.05, 3.63) is 72.0 Å². The SMILES string of the molecule is Cc1ccc(NC(=O)c2cnnc(C(C)(C)C#N)c2)cc1-c1c[c-]nc(N2CCOCC2)c1.[CH-]1CCOCC1.[U+2]. The molecule has 0 atom stereocenters. The molecule has 0 aliphatic carbocycles. The maximum atomic E-state index is 12.9. The van der Waals surface area contributed by atoms with Gasteiger partial charge < -0.3 is 31.1 Å². The summed E-state index contributed by atoms with van der Waals surface area (Å²) in [6.07, 6.45) is 8.97. The van der Waals surface area contributed by atoms with E-state index in [4.69, 9.17) is 9.47 Å². The maximum absolute atomic E-state index is 12.9. The Bertz CT molecular complexity index is 1310. The van der Waals surface area contributed by atoms with E-state index in [1.807, 2.05) is 37.3 Å². The smallest absolute Gasteiger partial charge is 0.404 e. The van der Waals surface area contributed by atoms with Crippen LogP contribution in [0, 0.1) is 62.0 Å². The number of ether oxygens (including phenoxy) is 2. The van der Waals surface area contributed by atoms with E-state index in [1.54, 1.807) is 19.9 Å². The number of benzene rings is 1. The number of rotatable bonds is 5. The molecule has 1 amide bonds. The van der Waals surface area contributed by atoms with E-state index in [-0.39, 0.29) is 37.0 Å². The van der Waals surface area contributed by atoms with Crippen molar-refractivity contribution in [2.24, 2.45) is 0 Å². The molecule has 2 aromatic heterocycles. The third-order valence-corrected chi connectivity index (χ3v) is 6.59. The van der Waals surface area contributed by atoms with E-state index in [2.05, 4.69) is 44.1 Å². The van der Waals surface area contributed by atoms with Crippen molar-refractivity contribution in [3.8, 4) is 17.2 Å². The van der Waals surface area contributed by atoms with Crippen LogP contribution in [0.5, 0.6) is 0 Å². The van der Waals surface area contributed by atoms with E-state index in [9.17, 15) is 10.1 Å². The summed E-state index contributed by atoms with van der Waals surface area (Å²) in [5.74, 6) is 0.546. The zero-order chi connectivity index (χ0) is 27.7.